The van der Waals surface area contributed by atoms with Crippen LogP contribution in [0.3, 0.4) is 0 Å². The van der Waals surface area contributed by atoms with Crippen molar-refractivity contribution in [1.82, 2.24) is 4.98 Å². The van der Waals surface area contributed by atoms with E-state index in [2.05, 4.69) is 4.98 Å². The number of benzene rings is 1. The molecule has 0 aliphatic heterocycles. The van der Waals surface area contributed by atoms with Gasteiger partial charge in [0.25, 0.3) is 5.22 Å². The highest BCUT2D eigenvalue weighted by atomic mass is 35.5. The number of oxazole rings is 1. The van der Waals surface area contributed by atoms with Gasteiger partial charge in [-0.1, -0.05) is 17.7 Å². The maximum Gasteiger partial charge on any atom is 0.260 e. The second-order valence-corrected chi connectivity index (χ2v) is 5.11. The van der Waals surface area contributed by atoms with Crippen LogP contribution in [0.25, 0.3) is 0 Å². The third kappa shape index (κ3) is 2.83. The average Bonchev–Trinajstić information content (AvgIpc) is 2.58. The van der Waals surface area contributed by atoms with Crippen molar-refractivity contribution in [3.05, 3.63) is 40.2 Å². The Bertz CT molecular complexity index is 520. The SMILES string of the molecule is Cc1nc(Sc2ccc(CN)c(Cl)c2)oc1C. The molecule has 0 spiro atoms. The van der Waals surface area contributed by atoms with Crippen molar-refractivity contribution in [2.75, 3.05) is 0 Å². The Hall–Kier alpha value is -0.970. The van der Waals surface area contributed by atoms with E-state index < -0.39 is 0 Å². The molecule has 0 saturated heterocycles. The lowest BCUT2D eigenvalue weighted by Crippen LogP contribution is -1.96. The molecule has 1 heterocycles. The van der Waals surface area contributed by atoms with E-state index in [9.17, 15) is 0 Å². The highest BCUT2D eigenvalue weighted by Gasteiger charge is 2.08. The van der Waals surface area contributed by atoms with Gasteiger partial charge in [-0.05, 0) is 43.3 Å². The molecule has 0 atom stereocenters. The molecular formula is C12H13ClN2OS. The van der Waals surface area contributed by atoms with Crippen LogP contribution in [0.5, 0.6) is 0 Å². The van der Waals surface area contributed by atoms with E-state index in [0.29, 0.717) is 16.8 Å². The second kappa shape index (κ2) is 5.12. The van der Waals surface area contributed by atoms with E-state index >= 15 is 0 Å². The van der Waals surface area contributed by atoms with Crippen LogP contribution in [-0.4, -0.2) is 4.98 Å². The lowest BCUT2D eigenvalue weighted by molar-refractivity contribution is 0.431. The number of halogens is 1. The number of hydrogen-bond donors (Lipinski definition) is 1. The molecule has 17 heavy (non-hydrogen) atoms. The first kappa shape index (κ1) is 12.5. The molecule has 3 nitrogen and oxygen atoms in total. The molecule has 1 aromatic heterocycles. The fourth-order valence-electron chi connectivity index (χ4n) is 1.34. The predicted octanol–water partition coefficient (Wildman–Crippen LogP) is 3.55. The summed E-state index contributed by atoms with van der Waals surface area (Å²) in [5.41, 5.74) is 7.41. The third-order valence-corrected chi connectivity index (χ3v) is 3.65. The van der Waals surface area contributed by atoms with Crippen LogP contribution in [0, 0.1) is 13.8 Å². The van der Waals surface area contributed by atoms with Crippen LogP contribution in [0.15, 0.2) is 32.7 Å². The minimum atomic E-state index is 0.445. The fraction of sp³-hybridized carbons (Fsp3) is 0.250. The molecular weight excluding hydrogens is 256 g/mol. The first-order valence-electron chi connectivity index (χ1n) is 5.20. The number of rotatable bonds is 3. The van der Waals surface area contributed by atoms with Crippen LogP contribution in [0.1, 0.15) is 17.0 Å². The standard InChI is InChI=1S/C12H13ClN2OS/c1-7-8(2)16-12(15-7)17-10-4-3-9(6-14)11(13)5-10/h3-5H,6,14H2,1-2H3. The van der Waals surface area contributed by atoms with E-state index in [1.165, 1.54) is 11.8 Å². The normalized spacial score (nSPS) is 10.8. The molecule has 0 unspecified atom stereocenters. The molecule has 5 heteroatoms. The van der Waals surface area contributed by atoms with E-state index in [1.54, 1.807) is 0 Å². The topological polar surface area (TPSA) is 52.0 Å². The maximum atomic E-state index is 6.09. The molecule has 90 valence electrons. The van der Waals surface area contributed by atoms with Crippen molar-refractivity contribution >= 4 is 23.4 Å². The quantitative estimate of drug-likeness (QED) is 0.925. The van der Waals surface area contributed by atoms with Gasteiger partial charge in [0, 0.05) is 16.5 Å². The highest BCUT2D eigenvalue weighted by molar-refractivity contribution is 7.99. The second-order valence-electron chi connectivity index (χ2n) is 3.68. The minimum Gasteiger partial charge on any atom is -0.436 e. The molecule has 2 N–H and O–H groups in total. The molecule has 0 amide bonds. The number of aromatic nitrogens is 1. The maximum absolute atomic E-state index is 6.09. The minimum absolute atomic E-state index is 0.445. The molecule has 0 saturated carbocycles. The van der Waals surface area contributed by atoms with Crippen molar-refractivity contribution < 1.29 is 4.42 Å². The summed E-state index contributed by atoms with van der Waals surface area (Å²) in [7, 11) is 0. The first-order chi connectivity index (χ1) is 8.10. The zero-order chi connectivity index (χ0) is 12.4. The summed E-state index contributed by atoms with van der Waals surface area (Å²) < 4.78 is 5.50. The van der Waals surface area contributed by atoms with Gasteiger partial charge >= 0.3 is 0 Å². The van der Waals surface area contributed by atoms with E-state index in [1.807, 2.05) is 32.0 Å². The molecule has 2 rings (SSSR count). The van der Waals surface area contributed by atoms with Crippen LogP contribution in [0.4, 0.5) is 0 Å². The summed E-state index contributed by atoms with van der Waals surface area (Å²) in [6.07, 6.45) is 0. The Morgan fingerprint density at radius 2 is 2.18 bits per heavy atom. The van der Waals surface area contributed by atoms with Crippen LogP contribution in [-0.2, 0) is 6.54 Å². The van der Waals surface area contributed by atoms with Crippen molar-refractivity contribution in [2.45, 2.75) is 30.5 Å². The summed E-state index contributed by atoms with van der Waals surface area (Å²) >= 11 is 7.54. The fourth-order valence-corrected chi connectivity index (χ4v) is 2.53. The smallest absolute Gasteiger partial charge is 0.260 e. The monoisotopic (exact) mass is 268 g/mol. The number of aryl methyl sites for hydroxylation is 2. The lowest BCUT2D eigenvalue weighted by Gasteiger charge is -2.02. The predicted molar refractivity (Wildman–Crippen MR) is 69.4 cm³/mol. The Morgan fingerprint density at radius 1 is 1.41 bits per heavy atom. The summed E-state index contributed by atoms with van der Waals surface area (Å²) in [5.74, 6) is 0.845. The van der Waals surface area contributed by atoms with Gasteiger partial charge < -0.3 is 10.2 Å². The Kier molecular flexibility index (Phi) is 3.76. The van der Waals surface area contributed by atoms with Crippen molar-refractivity contribution in [3.63, 3.8) is 0 Å². The van der Waals surface area contributed by atoms with Gasteiger partial charge in [0.05, 0.1) is 5.69 Å². The third-order valence-electron chi connectivity index (χ3n) is 2.46. The van der Waals surface area contributed by atoms with Crippen molar-refractivity contribution in [1.29, 1.82) is 0 Å². The Labute approximate surface area is 109 Å². The largest absolute Gasteiger partial charge is 0.436 e. The van der Waals surface area contributed by atoms with Gasteiger partial charge in [0.2, 0.25) is 0 Å². The molecule has 1 aromatic carbocycles. The zero-order valence-electron chi connectivity index (χ0n) is 9.66. The van der Waals surface area contributed by atoms with Crippen molar-refractivity contribution in [2.24, 2.45) is 5.73 Å². The van der Waals surface area contributed by atoms with Gasteiger partial charge in [-0.3, -0.25) is 0 Å². The number of hydrogen-bond acceptors (Lipinski definition) is 4. The molecule has 0 radical (unpaired) electrons. The Morgan fingerprint density at radius 3 is 2.71 bits per heavy atom. The van der Waals surface area contributed by atoms with Crippen molar-refractivity contribution in [3.8, 4) is 0 Å². The highest BCUT2D eigenvalue weighted by Crippen LogP contribution is 2.31. The van der Waals surface area contributed by atoms with E-state index in [0.717, 1.165) is 21.9 Å². The Balaban J connectivity index is 2.21. The number of nitrogens with two attached hydrogens (primary N) is 1. The first-order valence-corrected chi connectivity index (χ1v) is 6.40. The summed E-state index contributed by atoms with van der Waals surface area (Å²) in [6.45, 7) is 4.27. The van der Waals surface area contributed by atoms with Gasteiger partial charge in [-0.2, -0.15) is 0 Å². The average molecular weight is 269 g/mol. The van der Waals surface area contributed by atoms with Gasteiger partial charge in [-0.25, -0.2) is 4.98 Å². The number of nitrogens with zero attached hydrogens (tertiary/aromatic N) is 1. The zero-order valence-corrected chi connectivity index (χ0v) is 11.2. The van der Waals surface area contributed by atoms with Gasteiger partial charge in [0.1, 0.15) is 5.76 Å². The summed E-state index contributed by atoms with van der Waals surface area (Å²) in [4.78, 5) is 5.30. The summed E-state index contributed by atoms with van der Waals surface area (Å²) in [5, 5.41) is 1.31. The molecule has 0 fully saturated rings. The molecule has 0 bridgehead atoms. The molecule has 2 aromatic rings. The molecule has 0 aliphatic rings. The summed E-state index contributed by atoms with van der Waals surface area (Å²) in [6, 6.07) is 5.77. The van der Waals surface area contributed by atoms with Crippen LogP contribution < -0.4 is 5.73 Å². The van der Waals surface area contributed by atoms with Crippen LogP contribution in [0.2, 0.25) is 5.02 Å². The van der Waals surface area contributed by atoms with E-state index in [-0.39, 0.29) is 0 Å². The van der Waals surface area contributed by atoms with Gasteiger partial charge in [-0.15, -0.1) is 0 Å². The lowest BCUT2D eigenvalue weighted by atomic mass is 10.2. The van der Waals surface area contributed by atoms with E-state index in [4.69, 9.17) is 21.8 Å². The molecule has 0 aliphatic carbocycles. The van der Waals surface area contributed by atoms with Gasteiger partial charge in [0.15, 0.2) is 0 Å². The van der Waals surface area contributed by atoms with Crippen LogP contribution >= 0.6 is 23.4 Å².